The zero-order valence-corrected chi connectivity index (χ0v) is 11.1. The zero-order valence-electron chi connectivity index (χ0n) is 8.97. The zero-order chi connectivity index (χ0) is 12.1. The van der Waals surface area contributed by atoms with Crippen LogP contribution in [-0.2, 0) is 11.3 Å². The van der Waals surface area contributed by atoms with E-state index < -0.39 is 5.97 Å². The lowest BCUT2D eigenvalue weighted by molar-refractivity contribution is 0.0466. The molecule has 0 atom stereocenters. The maximum Gasteiger partial charge on any atom is 0.357 e. The Kier molecular flexibility index (Phi) is 4.08. The molecule has 17 heavy (non-hydrogen) atoms. The third-order valence-electron chi connectivity index (χ3n) is 2.16. The van der Waals surface area contributed by atoms with Crippen molar-refractivity contribution in [3.63, 3.8) is 0 Å². The van der Waals surface area contributed by atoms with Crippen LogP contribution in [0.15, 0.2) is 48.7 Å². The van der Waals surface area contributed by atoms with Gasteiger partial charge in [0.25, 0.3) is 0 Å². The van der Waals surface area contributed by atoms with Crippen LogP contribution in [0.2, 0.25) is 0 Å². The van der Waals surface area contributed by atoms with Crippen molar-refractivity contribution in [1.82, 2.24) is 4.98 Å². The first-order valence-electron chi connectivity index (χ1n) is 5.08. The van der Waals surface area contributed by atoms with Crippen LogP contribution >= 0.6 is 22.6 Å². The number of aromatic nitrogens is 1. The number of esters is 1. The summed E-state index contributed by atoms with van der Waals surface area (Å²) >= 11 is 2.23. The van der Waals surface area contributed by atoms with Crippen LogP contribution in [0.4, 0.5) is 0 Å². The largest absolute Gasteiger partial charge is 0.456 e. The molecule has 0 bridgehead atoms. The molecule has 0 fully saturated rings. The van der Waals surface area contributed by atoms with Crippen molar-refractivity contribution in [3.05, 3.63) is 63.5 Å². The third-order valence-corrected chi connectivity index (χ3v) is 2.88. The molecule has 0 amide bonds. The monoisotopic (exact) mass is 339 g/mol. The molecule has 0 unspecified atom stereocenters. The maximum absolute atomic E-state index is 11.6. The summed E-state index contributed by atoms with van der Waals surface area (Å²) in [5, 5.41) is 0. The van der Waals surface area contributed by atoms with Gasteiger partial charge in [-0.05, 0) is 52.4 Å². The van der Waals surface area contributed by atoms with Gasteiger partial charge in [0.2, 0.25) is 0 Å². The molecule has 0 radical (unpaired) electrons. The fraction of sp³-hybridized carbons (Fsp3) is 0.0769. The second-order valence-corrected chi connectivity index (χ2v) is 4.66. The number of carbonyl (C=O) groups is 1. The van der Waals surface area contributed by atoms with Crippen molar-refractivity contribution in [2.24, 2.45) is 0 Å². The molecular weight excluding hydrogens is 329 g/mol. The molecule has 0 spiro atoms. The van der Waals surface area contributed by atoms with Crippen LogP contribution in [0, 0.1) is 3.57 Å². The van der Waals surface area contributed by atoms with Crippen molar-refractivity contribution in [2.75, 3.05) is 0 Å². The average molecular weight is 339 g/mol. The van der Waals surface area contributed by atoms with Gasteiger partial charge in [0.15, 0.2) is 0 Å². The molecule has 1 heterocycles. The molecule has 1 aromatic heterocycles. The minimum atomic E-state index is -0.399. The van der Waals surface area contributed by atoms with E-state index in [1.807, 2.05) is 24.3 Å². The van der Waals surface area contributed by atoms with Gasteiger partial charge in [-0.15, -0.1) is 0 Å². The highest BCUT2D eigenvalue weighted by molar-refractivity contribution is 14.1. The van der Waals surface area contributed by atoms with Crippen LogP contribution in [-0.4, -0.2) is 11.0 Å². The summed E-state index contributed by atoms with van der Waals surface area (Å²) in [5.41, 5.74) is 1.30. The van der Waals surface area contributed by atoms with E-state index >= 15 is 0 Å². The lowest BCUT2D eigenvalue weighted by Gasteiger charge is -2.04. The first-order chi connectivity index (χ1) is 8.25. The number of pyridine rings is 1. The second kappa shape index (κ2) is 5.77. The minimum Gasteiger partial charge on any atom is -0.456 e. The molecule has 0 saturated heterocycles. The van der Waals surface area contributed by atoms with Crippen molar-refractivity contribution in [3.8, 4) is 0 Å². The van der Waals surface area contributed by atoms with Gasteiger partial charge < -0.3 is 4.74 Å². The predicted octanol–water partition coefficient (Wildman–Crippen LogP) is 3.04. The molecule has 0 aliphatic rings. The van der Waals surface area contributed by atoms with E-state index in [0.717, 1.165) is 9.13 Å². The molecular formula is C13H10INO2. The molecule has 1 aromatic carbocycles. The smallest absolute Gasteiger partial charge is 0.357 e. The molecule has 0 aliphatic heterocycles. The van der Waals surface area contributed by atoms with Crippen LogP contribution < -0.4 is 0 Å². The summed E-state index contributed by atoms with van der Waals surface area (Å²) in [5.74, 6) is -0.399. The topological polar surface area (TPSA) is 39.2 Å². The standard InChI is InChI=1S/C13H10INO2/c14-11-6-4-10(5-7-11)9-17-13(16)12-3-1-2-8-15-12/h1-8H,9H2. The fourth-order valence-corrected chi connectivity index (χ4v) is 1.65. The van der Waals surface area contributed by atoms with Crippen molar-refractivity contribution in [1.29, 1.82) is 0 Å². The van der Waals surface area contributed by atoms with Crippen molar-refractivity contribution >= 4 is 28.6 Å². The number of carbonyl (C=O) groups excluding carboxylic acids is 1. The van der Waals surface area contributed by atoms with Crippen molar-refractivity contribution in [2.45, 2.75) is 6.61 Å². The first-order valence-corrected chi connectivity index (χ1v) is 6.16. The Morgan fingerprint density at radius 3 is 2.59 bits per heavy atom. The molecule has 0 aliphatic carbocycles. The highest BCUT2D eigenvalue weighted by Gasteiger charge is 2.07. The number of hydrogen-bond donors (Lipinski definition) is 0. The molecule has 3 nitrogen and oxygen atoms in total. The summed E-state index contributed by atoms with van der Waals surface area (Å²) in [6.07, 6.45) is 1.57. The van der Waals surface area contributed by atoms with E-state index in [1.165, 1.54) is 0 Å². The average Bonchev–Trinajstić information content (AvgIpc) is 2.39. The van der Waals surface area contributed by atoms with E-state index in [4.69, 9.17) is 4.74 Å². The lowest BCUT2D eigenvalue weighted by Crippen LogP contribution is -2.06. The van der Waals surface area contributed by atoms with Gasteiger partial charge in [-0.1, -0.05) is 18.2 Å². The Balaban J connectivity index is 1.95. The normalized spacial score (nSPS) is 9.94. The third kappa shape index (κ3) is 3.52. The number of hydrogen-bond acceptors (Lipinski definition) is 3. The van der Waals surface area contributed by atoms with Gasteiger partial charge in [-0.2, -0.15) is 0 Å². The van der Waals surface area contributed by atoms with Gasteiger partial charge in [-0.25, -0.2) is 9.78 Å². The van der Waals surface area contributed by atoms with Crippen LogP contribution in [0.3, 0.4) is 0 Å². The molecule has 0 saturated carbocycles. The maximum atomic E-state index is 11.6. The number of ether oxygens (including phenoxy) is 1. The Morgan fingerprint density at radius 1 is 1.18 bits per heavy atom. The van der Waals surface area contributed by atoms with Crippen molar-refractivity contribution < 1.29 is 9.53 Å². The predicted molar refractivity (Wildman–Crippen MR) is 72.5 cm³/mol. The number of nitrogens with zero attached hydrogens (tertiary/aromatic N) is 1. The van der Waals surface area contributed by atoms with Crippen LogP contribution in [0.25, 0.3) is 0 Å². The summed E-state index contributed by atoms with van der Waals surface area (Å²) < 4.78 is 6.31. The van der Waals surface area contributed by atoms with E-state index in [-0.39, 0.29) is 6.61 Å². The van der Waals surface area contributed by atoms with Crippen LogP contribution in [0.1, 0.15) is 16.1 Å². The number of rotatable bonds is 3. The van der Waals surface area contributed by atoms with Gasteiger partial charge in [-0.3, -0.25) is 0 Å². The van der Waals surface area contributed by atoms with E-state index in [1.54, 1.807) is 24.4 Å². The van der Waals surface area contributed by atoms with Gasteiger partial charge in [0.1, 0.15) is 12.3 Å². The summed E-state index contributed by atoms with van der Waals surface area (Å²) in [6, 6.07) is 13.0. The van der Waals surface area contributed by atoms with E-state index in [9.17, 15) is 4.79 Å². The molecule has 86 valence electrons. The Bertz CT molecular complexity index is 497. The Morgan fingerprint density at radius 2 is 1.94 bits per heavy atom. The molecule has 0 N–H and O–H groups in total. The quantitative estimate of drug-likeness (QED) is 0.637. The first kappa shape index (κ1) is 12.0. The summed E-state index contributed by atoms with van der Waals surface area (Å²) in [4.78, 5) is 15.5. The number of halogens is 1. The molecule has 2 aromatic rings. The summed E-state index contributed by atoms with van der Waals surface area (Å²) in [6.45, 7) is 0.270. The minimum absolute atomic E-state index is 0.270. The second-order valence-electron chi connectivity index (χ2n) is 3.42. The number of benzene rings is 1. The molecule has 4 heteroatoms. The highest BCUT2D eigenvalue weighted by Crippen LogP contribution is 2.08. The summed E-state index contributed by atoms with van der Waals surface area (Å²) in [7, 11) is 0. The van der Waals surface area contributed by atoms with Gasteiger partial charge in [0.05, 0.1) is 0 Å². The van der Waals surface area contributed by atoms with Gasteiger partial charge >= 0.3 is 5.97 Å². The SMILES string of the molecule is O=C(OCc1ccc(I)cc1)c1ccccn1. The molecule has 2 rings (SSSR count). The van der Waals surface area contributed by atoms with E-state index in [2.05, 4.69) is 27.6 Å². The Labute approximate surface area is 113 Å². The van der Waals surface area contributed by atoms with E-state index in [0.29, 0.717) is 5.69 Å². The highest BCUT2D eigenvalue weighted by atomic mass is 127. The Hall–Kier alpha value is -1.43. The van der Waals surface area contributed by atoms with Gasteiger partial charge in [0, 0.05) is 9.77 Å². The fourth-order valence-electron chi connectivity index (χ4n) is 1.29. The lowest BCUT2D eigenvalue weighted by atomic mass is 10.2. The van der Waals surface area contributed by atoms with Crippen LogP contribution in [0.5, 0.6) is 0 Å².